The SMILES string of the molecule is Cc1ccc(N2N=C(c3ccccc3)CC2c2ccc(CO)o2)cc1. The van der Waals surface area contributed by atoms with E-state index in [1.807, 2.05) is 35.3 Å². The van der Waals surface area contributed by atoms with Gasteiger partial charge in [0.25, 0.3) is 0 Å². The number of nitrogens with zero attached hydrogens (tertiary/aromatic N) is 2. The highest BCUT2D eigenvalue weighted by molar-refractivity contribution is 6.03. The van der Waals surface area contributed by atoms with E-state index < -0.39 is 0 Å². The van der Waals surface area contributed by atoms with E-state index in [-0.39, 0.29) is 12.6 Å². The van der Waals surface area contributed by atoms with E-state index >= 15 is 0 Å². The molecule has 4 heteroatoms. The number of rotatable bonds is 4. The molecule has 0 radical (unpaired) electrons. The molecule has 1 aliphatic heterocycles. The van der Waals surface area contributed by atoms with Gasteiger partial charge in [0.15, 0.2) is 0 Å². The molecule has 0 fully saturated rings. The van der Waals surface area contributed by atoms with E-state index in [0.29, 0.717) is 5.76 Å². The van der Waals surface area contributed by atoms with Crippen molar-refractivity contribution >= 4 is 11.4 Å². The fraction of sp³-hybridized carbons (Fsp3) is 0.190. The summed E-state index contributed by atoms with van der Waals surface area (Å²) in [6, 6.07) is 22.3. The van der Waals surface area contributed by atoms with Crippen molar-refractivity contribution in [1.29, 1.82) is 0 Å². The Balaban J connectivity index is 1.73. The number of anilines is 1. The maximum absolute atomic E-state index is 9.30. The monoisotopic (exact) mass is 332 g/mol. The standard InChI is InChI=1S/C21H20N2O2/c1-15-7-9-17(10-8-15)23-20(21-12-11-18(14-24)25-21)13-19(22-23)16-5-3-2-4-6-16/h2-12,20,24H,13-14H2,1H3. The van der Waals surface area contributed by atoms with E-state index in [2.05, 4.69) is 43.3 Å². The Morgan fingerprint density at radius 3 is 2.48 bits per heavy atom. The van der Waals surface area contributed by atoms with Crippen LogP contribution in [0.5, 0.6) is 0 Å². The molecule has 0 aliphatic carbocycles. The van der Waals surface area contributed by atoms with Gasteiger partial charge >= 0.3 is 0 Å². The maximum atomic E-state index is 9.30. The first kappa shape index (κ1) is 15.7. The van der Waals surface area contributed by atoms with Crippen molar-refractivity contribution in [1.82, 2.24) is 0 Å². The van der Waals surface area contributed by atoms with Crippen LogP contribution < -0.4 is 5.01 Å². The van der Waals surface area contributed by atoms with Crippen molar-refractivity contribution in [2.45, 2.75) is 26.0 Å². The second-order valence-electron chi connectivity index (χ2n) is 6.27. The molecule has 3 aromatic rings. The Morgan fingerprint density at radius 1 is 1.04 bits per heavy atom. The van der Waals surface area contributed by atoms with Crippen LogP contribution in [0.25, 0.3) is 0 Å². The van der Waals surface area contributed by atoms with Gasteiger partial charge in [-0.05, 0) is 36.8 Å². The molecule has 1 N–H and O–H groups in total. The molecule has 1 aliphatic rings. The number of aliphatic hydroxyl groups is 1. The Morgan fingerprint density at radius 2 is 1.80 bits per heavy atom. The van der Waals surface area contributed by atoms with Gasteiger partial charge in [-0.3, -0.25) is 5.01 Å². The van der Waals surface area contributed by atoms with Crippen molar-refractivity contribution in [3.05, 3.63) is 89.4 Å². The van der Waals surface area contributed by atoms with Gasteiger partial charge in [0.05, 0.1) is 11.4 Å². The summed E-state index contributed by atoms with van der Waals surface area (Å²) in [5.41, 5.74) is 4.40. The molecule has 1 unspecified atom stereocenters. The van der Waals surface area contributed by atoms with Crippen LogP contribution in [0.4, 0.5) is 5.69 Å². The minimum atomic E-state index is -0.0936. The molecule has 126 valence electrons. The number of hydrogen-bond donors (Lipinski definition) is 1. The van der Waals surface area contributed by atoms with Crippen LogP contribution in [0.15, 0.2) is 76.2 Å². The highest BCUT2D eigenvalue weighted by Crippen LogP contribution is 2.37. The molecule has 1 aromatic heterocycles. The third kappa shape index (κ3) is 3.08. The van der Waals surface area contributed by atoms with Gasteiger partial charge in [0.2, 0.25) is 0 Å². The van der Waals surface area contributed by atoms with E-state index in [1.54, 1.807) is 0 Å². The molecule has 25 heavy (non-hydrogen) atoms. The molecule has 0 amide bonds. The predicted molar refractivity (Wildman–Crippen MR) is 98.6 cm³/mol. The van der Waals surface area contributed by atoms with Gasteiger partial charge in [0, 0.05) is 6.42 Å². The molecule has 4 rings (SSSR count). The lowest BCUT2D eigenvalue weighted by molar-refractivity contribution is 0.241. The van der Waals surface area contributed by atoms with Crippen LogP contribution in [-0.4, -0.2) is 10.8 Å². The zero-order chi connectivity index (χ0) is 17.2. The second-order valence-corrected chi connectivity index (χ2v) is 6.27. The Bertz CT molecular complexity index is 882. The number of hydrazone groups is 1. The van der Waals surface area contributed by atoms with Crippen molar-refractivity contribution in [2.75, 3.05) is 5.01 Å². The van der Waals surface area contributed by atoms with Crippen molar-refractivity contribution in [3.63, 3.8) is 0 Å². The summed E-state index contributed by atoms with van der Waals surface area (Å²) in [6.45, 7) is 1.98. The Labute approximate surface area is 147 Å². The molecule has 4 nitrogen and oxygen atoms in total. The first-order chi connectivity index (χ1) is 12.2. The second kappa shape index (κ2) is 6.57. The number of furan rings is 1. The molecule has 0 spiro atoms. The molecular weight excluding hydrogens is 312 g/mol. The average molecular weight is 332 g/mol. The fourth-order valence-electron chi connectivity index (χ4n) is 3.13. The van der Waals surface area contributed by atoms with Crippen LogP contribution in [0, 0.1) is 6.92 Å². The third-order valence-electron chi connectivity index (χ3n) is 4.48. The topological polar surface area (TPSA) is 49.0 Å². The predicted octanol–water partition coefficient (Wildman–Crippen LogP) is 4.44. The van der Waals surface area contributed by atoms with Crippen LogP contribution in [0.2, 0.25) is 0 Å². The lowest BCUT2D eigenvalue weighted by Gasteiger charge is -2.22. The van der Waals surface area contributed by atoms with Gasteiger partial charge in [-0.25, -0.2) is 0 Å². The van der Waals surface area contributed by atoms with Crippen LogP contribution in [-0.2, 0) is 6.61 Å². The molecular formula is C21H20N2O2. The lowest BCUT2D eigenvalue weighted by Crippen LogP contribution is -2.18. The largest absolute Gasteiger partial charge is 0.461 e. The zero-order valence-corrected chi connectivity index (χ0v) is 14.1. The molecule has 0 bridgehead atoms. The van der Waals surface area contributed by atoms with Crippen LogP contribution in [0.1, 0.15) is 35.1 Å². The maximum Gasteiger partial charge on any atom is 0.129 e. The third-order valence-corrected chi connectivity index (χ3v) is 4.48. The smallest absolute Gasteiger partial charge is 0.129 e. The molecule has 0 saturated heterocycles. The molecule has 2 heterocycles. The highest BCUT2D eigenvalue weighted by atomic mass is 16.4. The normalized spacial score (nSPS) is 17.0. The molecule has 1 atom stereocenters. The van der Waals surface area contributed by atoms with E-state index in [4.69, 9.17) is 9.52 Å². The summed E-state index contributed by atoms with van der Waals surface area (Å²) in [5.74, 6) is 1.39. The number of aliphatic hydroxyl groups excluding tert-OH is 1. The number of benzene rings is 2. The first-order valence-electron chi connectivity index (χ1n) is 8.43. The van der Waals surface area contributed by atoms with E-state index in [9.17, 15) is 5.11 Å². The minimum absolute atomic E-state index is 0.0155. The van der Waals surface area contributed by atoms with Gasteiger partial charge in [-0.1, -0.05) is 48.0 Å². The van der Waals surface area contributed by atoms with Crippen molar-refractivity contribution in [2.24, 2.45) is 5.10 Å². The zero-order valence-electron chi connectivity index (χ0n) is 14.1. The van der Waals surface area contributed by atoms with Crippen molar-refractivity contribution < 1.29 is 9.52 Å². The van der Waals surface area contributed by atoms with Gasteiger partial charge < -0.3 is 9.52 Å². The minimum Gasteiger partial charge on any atom is -0.461 e. The lowest BCUT2D eigenvalue weighted by atomic mass is 10.0. The van der Waals surface area contributed by atoms with Gasteiger partial charge in [0.1, 0.15) is 24.2 Å². The summed E-state index contributed by atoms with van der Waals surface area (Å²) in [5, 5.41) is 16.2. The molecule has 0 saturated carbocycles. The summed E-state index contributed by atoms with van der Waals surface area (Å²) in [7, 11) is 0. The van der Waals surface area contributed by atoms with Crippen molar-refractivity contribution in [3.8, 4) is 0 Å². The summed E-state index contributed by atoms with van der Waals surface area (Å²) in [6.07, 6.45) is 0.760. The summed E-state index contributed by atoms with van der Waals surface area (Å²) < 4.78 is 5.81. The fourth-order valence-corrected chi connectivity index (χ4v) is 3.13. The quantitative estimate of drug-likeness (QED) is 0.768. The summed E-state index contributed by atoms with van der Waals surface area (Å²) >= 11 is 0. The van der Waals surface area contributed by atoms with E-state index in [1.165, 1.54) is 5.56 Å². The first-order valence-corrected chi connectivity index (χ1v) is 8.43. The Kier molecular flexibility index (Phi) is 4.12. The average Bonchev–Trinajstić information content (AvgIpc) is 3.30. The number of aryl methyl sites for hydroxylation is 1. The number of hydrogen-bond acceptors (Lipinski definition) is 4. The summed E-state index contributed by atoms with van der Waals surface area (Å²) in [4.78, 5) is 0. The Hall–Kier alpha value is -2.85. The van der Waals surface area contributed by atoms with Gasteiger partial charge in [-0.2, -0.15) is 5.10 Å². The van der Waals surface area contributed by atoms with Crippen LogP contribution in [0.3, 0.4) is 0 Å². The van der Waals surface area contributed by atoms with Crippen LogP contribution >= 0.6 is 0 Å². The van der Waals surface area contributed by atoms with E-state index in [0.717, 1.165) is 29.1 Å². The highest BCUT2D eigenvalue weighted by Gasteiger charge is 2.32. The van der Waals surface area contributed by atoms with Gasteiger partial charge in [-0.15, -0.1) is 0 Å². The molecule has 2 aromatic carbocycles.